The largest absolute Gasteiger partial charge is 0.138 e. The van der Waals surface area contributed by atoms with Gasteiger partial charge < -0.3 is 0 Å². The van der Waals surface area contributed by atoms with Crippen molar-refractivity contribution >= 4 is 9.24 Å². The summed E-state index contributed by atoms with van der Waals surface area (Å²) in [5, 5.41) is 0. The smallest absolute Gasteiger partial charge is 0.0350 e. The first kappa shape index (κ1) is 6.17. The molecule has 0 fully saturated rings. The van der Waals surface area contributed by atoms with Gasteiger partial charge in [0.15, 0.2) is 0 Å². The van der Waals surface area contributed by atoms with Crippen molar-refractivity contribution in [1.29, 1.82) is 0 Å². The van der Waals surface area contributed by atoms with E-state index in [0.29, 0.717) is 0 Å². The van der Waals surface area contributed by atoms with Crippen LogP contribution in [0.1, 0.15) is 12.8 Å². The molecule has 0 heterocycles. The Kier molecular flexibility index (Phi) is 5.32. The van der Waals surface area contributed by atoms with Gasteiger partial charge in [0.05, 0.1) is 0 Å². The van der Waals surface area contributed by atoms with Crippen LogP contribution in [0.3, 0.4) is 0 Å². The zero-order chi connectivity index (χ0) is 4.83. The fourth-order valence-corrected chi connectivity index (χ4v) is 0.498. The van der Waals surface area contributed by atoms with E-state index in [-0.39, 0.29) is 0 Å². The van der Waals surface area contributed by atoms with E-state index in [0.717, 1.165) is 6.42 Å². The lowest BCUT2D eigenvalue weighted by Gasteiger charge is -1.82. The van der Waals surface area contributed by atoms with Crippen molar-refractivity contribution in [3.8, 4) is 0 Å². The molecule has 0 aromatic carbocycles. The quantitative estimate of drug-likeness (QED) is 0.289. The molecule has 0 rings (SSSR count). The fraction of sp³-hybridized carbons (Fsp3) is 0.600. The van der Waals surface area contributed by atoms with Gasteiger partial charge in [-0.1, -0.05) is 6.08 Å². The first-order chi connectivity index (χ1) is 2.91. The minimum atomic E-state index is 1.16. The van der Waals surface area contributed by atoms with Gasteiger partial charge >= 0.3 is 0 Å². The van der Waals surface area contributed by atoms with E-state index in [1.165, 1.54) is 12.6 Å². The molecule has 6 heavy (non-hydrogen) atoms. The molecule has 0 amide bonds. The second-order valence-corrected chi connectivity index (χ2v) is 1.80. The van der Waals surface area contributed by atoms with Crippen LogP contribution in [0.15, 0.2) is 12.7 Å². The van der Waals surface area contributed by atoms with Gasteiger partial charge in [-0.15, -0.1) is 15.8 Å². The van der Waals surface area contributed by atoms with Crippen molar-refractivity contribution in [1.82, 2.24) is 0 Å². The highest BCUT2D eigenvalue weighted by molar-refractivity contribution is 7.16. The van der Waals surface area contributed by atoms with E-state index in [1.807, 2.05) is 6.08 Å². The number of unbranched alkanes of at least 4 members (excludes halogenated alkanes) is 1. The Hall–Kier alpha value is 0.170. The Morgan fingerprint density at radius 2 is 2.33 bits per heavy atom. The summed E-state index contributed by atoms with van der Waals surface area (Å²) in [5.74, 6) is 0. The van der Waals surface area contributed by atoms with Crippen LogP contribution in [0.25, 0.3) is 0 Å². The van der Waals surface area contributed by atoms with Crippen molar-refractivity contribution in [2.24, 2.45) is 0 Å². The van der Waals surface area contributed by atoms with E-state index >= 15 is 0 Å². The number of allylic oxidation sites excluding steroid dienone is 1. The fourth-order valence-electron chi connectivity index (χ4n) is 0.262. The molecule has 1 unspecified atom stereocenters. The number of rotatable bonds is 3. The van der Waals surface area contributed by atoms with Gasteiger partial charge in [0.2, 0.25) is 0 Å². The van der Waals surface area contributed by atoms with Crippen LogP contribution in [0.4, 0.5) is 0 Å². The van der Waals surface area contributed by atoms with E-state index in [1.54, 1.807) is 0 Å². The Bertz CT molecular complexity index is 32.9. The van der Waals surface area contributed by atoms with Crippen LogP contribution in [-0.4, -0.2) is 6.16 Å². The predicted molar refractivity (Wildman–Crippen MR) is 34.0 cm³/mol. The molecule has 0 saturated heterocycles. The third-order valence-corrected chi connectivity index (χ3v) is 1.02. The highest BCUT2D eigenvalue weighted by atomic mass is 31.0. The summed E-state index contributed by atoms with van der Waals surface area (Å²) in [6.45, 7) is 3.59. The van der Waals surface area contributed by atoms with Gasteiger partial charge in [-0.2, -0.15) is 0 Å². The minimum absolute atomic E-state index is 1.16. The standard InChI is InChI=1S/C5H11P/c1-2-3-4-5-6/h2H,1,3-6H2. The normalized spacial score (nSPS) is 8.17. The molecule has 0 aromatic rings. The molecule has 0 N–H and O–H groups in total. The predicted octanol–water partition coefficient (Wildman–Crippen LogP) is 1.83. The van der Waals surface area contributed by atoms with E-state index in [9.17, 15) is 0 Å². The molecule has 0 bridgehead atoms. The molecule has 36 valence electrons. The summed E-state index contributed by atoms with van der Waals surface area (Å²) in [7, 11) is 2.68. The Labute approximate surface area is 41.8 Å². The number of hydrogen-bond donors (Lipinski definition) is 0. The molecule has 1 atom stereocenters. The zero-order valence-electron chi connectivity index (χ0n) is 3.98. The Morgan fingerprint density at radius 1 is 1.67 bits per heavy atom. The topological polar surface area (TPSA) is 0 Å². The zero-order valence-corrected chi connectivity index (χ0v) is 5.14. The maximum absolute atomic E-state index is 3.59. The highest BCUT2D eigenvalue weighted by Crippen LogP contribution is 1.92. The second-order valence-electron chi connectivity index (χ2n) is 1.22. The van der Waals surface area contributed by atoms with Crippen LogP contribution < -0.4 is 0 Å². The summed E-state index contributed by atoms with van der Waals surface area (Å²) in [5.41, 5.74) is 0. The summed E-state index contributed by atoms with van der Waals surface area (Å²) >= 11 is 0. The average Bonchev–Trinajstić information content (AvgIpc) is 1.61. The number of hydrogen-bond acceptors (Lipinski definition) is 0. The van der Waals surface area contributed by atoms with Crippen LogP contribution in [-0.2, 0) is 0 Å². The summed E-state index contributed by atoms with van der Waals surface area (Å²) < 4.78 is 0. The van der Waals surface area contributed by atoms with Crippen LogP contribution in [0.5, 0.6) is 0 Å². The van der Waals surface area contributed by atoms with Gasteiger partial charge in [-0.25, -0.2) is 0 Å². The van der Waals surface area contributed by atoms with Crippen molar-refractivity contribution in [2.75, 3.05) is 6.16 Å². The maximum Gasteiger partial charge on any atom is -0.0350 e. The highest BCUT2D eigenvalue weighted by Gasteiger charge is 1.71. The van der Waals surface area contributed by atoms with Gasteiger partial charge in [0.1, 0.15) is 0 Å². The monoisotopic (exact) mass is 102 g/mol. The van der Waals surface area contributed by atoms with Crippen molar-refractivity contribution < 1.29 is 0 Å². The first-order valence-electron chi connectivity index (χ1n) is 2.22. The molecule has 0 aliphatic rings. The van der Waals surface area contributed by atoms with Crippen molar-refractivity contribution in [3.63, 3.8) is 0 Å². The molecule has 0 spiro atoms. The van der Waals surface area contributed by atoms with E-state index in [2.05, 4.69) is 15.8 Å². The van der Waals surface area contributed by atoms with Crippen molar-refractivity contribution in [3.05, 3.63) is 12.7 Å². The van der Waals surface area contributed by atoms with Crippen LogP contribution in [0.2, 0.25) is 0 Å². The van der Waals surface area contributed by atoms with Crippen molar-refractivity contribution in [2.45, 2.75) is 12.8 Å². The summed E-state index contributed by atoms with van der Waals surface area (Å²) in [4.78, 5) is 0. The lowest BCUT2D eigenvalue weighted by molar-refractivity contribution is 0.975. The van der Waals surface area contributed by atoms with E-state index < -0.39 is 0 Å². The minimum Gasteiger partial charge on any atom is -0.138 e. The third-order valence-electron chi connectivity index (χ3n) is 0.612. The molecule has 0 aliphatic heterocycles. The molecule has 0 nitrogen and oxygen atoms in total. The van der Waals surface area contributed by atoms with Crippen LogP contribution >= 0.6 is 9.24 Å². The lowest BCUT2D eigenvalue weighted by atomic mass is 10.3. The third kappa shape index (κ3) is 4.17. The van der Waals surface area contributed by atoms with Gasteiger partial charge in [-0.05, 0) is 19.0 Å². The molecule has 0 saturated carbocycles. The Morgan fingerprint density at radius 3 is 2.50 bits per heavy atom. The maximum atomic E-state index is 3.59. The molecular formula is C5H11P. The average molecular weight is 102 g/mol. The van der Waals surface area contributed by atoms with Gasteiger partial charge in [-0.3, -0.25) is 0 Å². The Balaban J connectivity index is 2.49. The molecular weight excluding hydrogens is 91.0 g/mol. The van der Waals surface area contributed by atoms with E-state index in [4.69, 9.17) is 0 Å². The molecule has 0 aliphatic carbocycles. The summed E-state index contributed by atoms with van der Waals surface area (Å²) in [6.07, 6.45) is 5.56. The first-order valence-corrected chi connectivity index (χ1v) is 3.04. The molecule has 0 aromatic heterocycles. The van der Waals surface area contributed by atoms with Gasteiger partial charge in [0, 0.05) is 0 Å². The van der Waals surface area contributed by atoms with Crippen LogP contribution in [0, 0.1) is 0 Å². The second kappa shape index (κ2) is 5.17. The molecule has 0 radical (unpaired) electrons. The van der Waals surface area contributed by atoms with Gasteiger partial charge in [0.25, 0.3) is 0 Å². The molecule has 1 heteroatoms. The lowest BCUT2D eigenvalue weighted by Crippen LogP contribution is -1.66. The SMILES string of the molecule is C=CCCCP. The summed E-state index contributed by atoms with van der Waals surface area (Å²) in [6, 6.07) is 0.